The molecule has 0 heterocycles. The minimum absolute atomic E-state index is 0.00458. The van der Waals surface area contributed by atoms with Crippen LogP contribution < -0.4 is 0 Å². The summed E-state index contributed by atoms with van der Waals surface area (Å²) >= 11 is 0. The molecule has 1 aliphatic carbocycles. The summed E-state index contributed by atoms with van der Waals surface area (Å²) < 4.78 is 5.16. The molecule has 1 rings (SSSR count). The topological polar surface area (TPSA) is 26.3 Å². The van der Waals surface area contributed by atoms with Crippen molar-refractivity contribution in [3.63, 3.8) is 0 Å². The summed E-state index contributed by atoms with van der Waals surface area (Å²) in [4.78, 5) is 11.9. The van der Waals surface area contributed by atoms with Crippen LogP contribution in [0.2, 0.25) is 0 Å². The summed E-state index contributed by atoms with van der Waals surface area (Å²) in [5, 5.41) is 0. The summed E-state index contributed by atoms with van der Waals surface area (Å²) in [6.07, 6.45) is 7.93. The predicted octanol–water partition coefficient (Wildman–Crippen LogP) is 4.35. The molecule has 2 nitrogen and oxygen atoms in total. The van der Waals surface area contributed by atoms with E-state index in [1.165, 1.54) is 18.4 Å². The zero-order chi connectivity index (χ0) is 13.5. The molecule has 0 bridgehead atoms. The van der Waals surface area contributed by atoms with E-state index in [-0.39, 0.29) is 11.9 Å². The summed E-state index contributed by atoms with van der Waals surface area (Å²) in [5.41, 5.74) is 1.32. The van der Waals surface area contributed by atoms with Gasteiger partial charge in [-0.05, 0) is 50.9 Å². The number of carbonyl (C=O) groups is 1. The molecule has 0 aromatic carbocycles. The fourth-order valence-corrected chi connectivity index (χ4v) is 2.93. The highest BCUT2D eigenvalue weighted by Crippen LogP contribution is 2.33. The van der Waals surface area contributed by atoms with Crippen LogP contribution in [-0.2, 0) is 9.53 Å². The fourth-order valence-electron chi connectivity index (χ4n) is 2.93. The molecular weight excluding hydrogens is 224 g/mol. The molecule has 0 aromatic rings. The highest BCUT2D eigenvalue weighted by molar-refractivity contribution is 5.75. The standard InChI is InChI=1S/C16H28O2/c1-5-15(16(17)18-6-2)14-9-7-13(8-10-14)11-12(3)4/h9,12-13,15H,5-8,10-11H2,1-4H3/t13-,15-/m0/s1. The average molecular weight is 252 g/mol. The molecule has 104 valence electrons. The maximum atomic E-state index is 11.9. The number of rotatable bonds is 6. The molecule has 0 spiro atoms. The van der Waals surface area contributed by atoms with Gasteiger partial charge in [0.1, 0.15) is 0 Å². The van der Waals surface area contributed by atoms with Crippen molar-refractivity contribution in [3.8, 4) is 0 Å². The van der Waals surface area contributed by atoms with Crippen molar-refractivity contribution in [2.75, 3.05) is 6.61 Å². The Morgan fingerprint density at radius 2 is 2.17 bits per heavy atom. The van der Waals surface area contributed by atoms with Crippen LogP contribution in [0, 0.1) is 17.8 Å². The molecule has 0 N–H and O–H groups in total. The van der Waals surface area contributed by atoms with Crippen LogP contribution in [0.15, 0.2) is 11.6 Å². The van der Waals surface area contributed by atoms with E-state index in [0.717, 1.165) is 31.1 Å². The zero-order valence-corrected chi connectivity index (χ0v) is 12.4. The Kier molecular flexibility index (Phi) is 6.45. The second-order valence-corrected chi connectivity index (χ2v) is 5.76. The van der Waals surface area contributed by atoms with Gasteiger partial charge in [-0.1, -0.05) is 32.4 Å². The van der Waals surface area contributed by atoms with E-state index in [2.05, 4.69) is 26.8 Å². The molecule has 0 amide bonds. The Balaban J connectivity index is 2.56. The van der Waals surface area contributed by atoms with Crippen LogP contribution in [0.5, 0.6) is 0 Å². The monoisotopic (exact) mass is 252 g/mol. The van der Waals surface area contributed by atoms with Crippen molar-refractivity contribution >= 4 is 5.97 Å². The maximum Gasteiger partial charge on any atom is 0.313 e. The Bertz CT molecular complexity index is 291. The number of ether oxygens (including phenoxy) is 1. The van der Waals surface area contributed by atoms with E-state index in [0.29, 0.717) is 6.61 Å². The predicted molar refractivity (Wildman–Crippen MR) is 75.3 cm³/mol. The number of hydrogen-bond donors (Lipinski definition) is 0. The van der Waals surface area contributed by atoms with Crippen molar-refractivity contribution in [3.05, 3.63) is 11.6 Å². The summed E-state index contributed by atoms with van der Waals surface area (Å²) in [6, 6.07) is 0. The first-order valence-corrected chi connectivity index (χ1v) is 7.43. The number of esters is 1. The van der Waals surface area contributed by atoms with Gasteiger partial charge in [0.25, 0.3) is 0 Å². The summed E-state index contributed by atoms with van der Waals surface area (Å²) in [5.74, 6) is 1.56. The number of hydrogen-bond acceptors (Lipinski definition) is 2. The third-order valence-electron chi connectivity index (χ3n) is 3.79. The highest BCUT2D eigenvalue weighted by Gasteiger charge is 2.25. The molecule has 0 radical (unpaired) electrons. The van der Waals surface area contributed by atoms with Crippen molar-refractivity contribution in [2.24, 2.45) is 17.8 Å². The molecular formula is C16H28O2. The fraction of sp³-hybridized carbons (Fsp3) is 0.812. The molecule has 1 aliphatic rings. The lowest BCUT2D eigenvalue weighted by atomic mass is 9.80. The van der Waals surface area contributed by atoms with Gasteiger partial charge in [-0.3, -0.25) is 4.79 Å². The first-order valence-electron chi connectivity index (χ1n) is 7.43. The molecule has 0 fully saturated rings. The SMILES string of the molecule is CCOC(=O)[C@@H](CC)C1=CC[C@H](CC(C)C)CC1. The summed E-state index contributed by atoms with van der Waals surface area (Å²) in [6.45, 7) is 9.00. The quantitative estimate of drug-likeness (QED) is 0.519. The lowest BCUT2D eigenvalue weighted by Gasteiger charge is -2.26. The van der Waals surface area contributed by atoms with E-state index in [1.807, 2.05) is 6.92 Å². The minimum Gasteiger partial charge on any atom is -0.466 e. The molecule has 0 aliphatic heterocycles. The molecule has 0 saturated heterocycles. The van der Waals surface area contributed by atoms with Gasteiger partial charge in [-0.25, -0.2) is 0 Å². The van der Waals surface area contributed by atoms with Gasteiger partial charge in [0.2, 0.25) is 0 Å². The largest absolute Gasteiger partial charge is 0.466 e. The molecule has 18 heavy (non-hydrogen) atoms. The van der Waals surface area contributed by atoms with Crippen molar-refractivity contribution < 1.29 is 9.53 Å². The van der Waals surface area contributed by atoms with E-state index in [9.17, 15) is 4.79 Å². The first-order chi connectivity index (χ1) is 8.58. The van der Waals surface area contributed by atoms with E-state index >= 15 is 0 Å². The zero-order valence-electron chi connectivity index (χ0n) is 12.4. The smallest absolute Gasteiger partial charge is 0.313 e. The normalized spacial score (nSPS) is 21.6. The van der Waals surface area contributed by atoms with Gasteiger partial charge in [0, 0.05) is 0 Å². The van der Waals surface area contributed by atoms with E-state index in [1.54, 1.807) is 0 Å². The average Bonchev–Trinajstić information content (AvgIpc) is 2.32. The van der Waals surface area contributed by atoms with Crippen LogP contribution in [0.4, 0.5) is 0 Å². The summed E-state index contributed by atoms with van der Waals surface area (Å²) in [7, 11) is 0. The third-order valence-corrected chi connectivity index (χ3v) is 3.79. The van der Waals surface area contributed by atoms with Crippen molar-refractivity contribution in [1.82, 2.24) is 0 Å². The lowest BCUT2D eigenvalue weighted by Crippen LogP contribution is -2.22. The van der Waals surface area contributed by atoms with Gasteiger partial charge in [0.15, 0.2) is 0 Å². The van der Waals surface area contributed by atoms with Crippen molar-refractivity contribution in [1.29, 1.82) is 0 Å². The Labute approximate surface area is 112 Å². The lowest BCUT2D eigenvalue weighted by molar-refractivity contribution is -0.146. The molecule has 0 saturated carbocycles. The van der Waals surface area contributed by atoms with Crippen LogP contribution in [0.25, 0.3) is 0 Å². The highest BCUT2D eigenvalue weighted by atomic mass is 16.5. The van der Waals surface area contributed by atoms with Crippen LogP contribution >= 0.6 is 0 Å². The second-order valence-electron chi connectivity index (χ2n) is 5.76. The van der Waals surface area contributed by atoms with E-state index in [4.69, 9.17) is 4.74 Å². The van der Waals surface area contributed by atoms with Gasteiger partial charge < -0.3 is 4.74 Å². The third kappa shape index (κ3) is 4.47. The molecule has 0 unspecified atom stereocenters. The van der Waals surface area contributed by atoms with Crippen molar-refractivity contribution in [2.45, 2.75) is 59.8 Å². The molecule has 0 aromatic heterocycles. The Morgan fingerprint density at radius 1 is 1.44 bits per heavy atom. The maximum absolute atomic E-state index is 11.9. The van der Waals surface area contributed by atoms with Gasteiger partial charge in [-0.15, -0.1) is 0 Å². The molecule has 2 heteroatoms. The number of allylic oxidation sites excluding steroid dienone is 1. The van der Waals surface area contributed by atoms with Gasteiger partial charge >= 0.3 is 5.97 Å². The van der Waals surface area contributed by atoms with Crippen LogP contribution in [0.3, 0.4) is 0 Å². The van der Waals surface area contributed by atoms with E-state index < -0.39 is 0 Å². The Hall–Kier alpha value is -0.790. The van der Waals surface area contributed by atoms with Crippen LogP contribution in [0.1, 0.15) is 59.8 Å². The number of carbonyl (C=O) groups excluding carboxylic acids is 1. The minimum atomic E-state index is -0.0337. The van der Waals surface area contributed by atoms with Crippen LogP contribution in [-0.4, -0.2) is 12.6 Å². The first kappa shape index (κ1) is 15.3. The molecule has 2 atom stereocenters. The van der Waals surface area contributed by atoms with Gasteiger partial charge in [-0.2, -0.15) is 0 Å². The second kappa shape index (κ2) is 7.60. The Morgan fingerprint density at radius 3 is 2.61 bits per heavy atom. The van der Waals surface area contributed by atoms with Gasteiger partial charge in [0.05, 0.1) is 12.5 Å².